The molecule has 3 rings (SSSR count). The fraction of sp³-hybridized carbons (Fsp3) is 0.316. The fourth-order valence-corrected chi connectivity index (χ4v) is 3.23. The third kappa shape index (κ3) is 4.31. The van der Waals surface area contributed by atoms with Crippen molar-refractivity contribution in [2.24, 2.45) is 0 Å². The molecule has 4 nitrogen and oxygen atoms in total. The number of carbonyl (C=O) groups is 1. The molecule has 2 aromatic rings. The lowest BCUT2D eigenvalue weighted by atomic mass is 10.2. The number of carbonyl (C=O) groups excluding carboxylic acids is 1. The van der Waals surface area contributed by atoms with Crippen LogP contribution in [-0.2, 0) is 4.79 Å². The highest BCUT2D eigenvalue weighted by atomic mass is 35.5. The number of anilines is 2. The number of nitrogens with one attached hydrogen (secondary N) is 1. The van der Waals surface area contributed by atoms with Gasteiger partial charge in [-0.1, -0.05) is 11.6 Å². The third-order valence-corrected chi connectivity index (χ3v) is 4.93. The number of benzene rings is 2. The van der Waals surface area contributed by atoms with Crippen LogP contribution in [0.15, 0.2) is 42.5 Å². The van der Waals surface area contributed by atoms with Crippen LogP contribution in [0.4, 0.5) is 20.2 Å². The summed E-state index contributed by atoms with van der Waals surface area (Å²) in [7, 11) is 0. The van der Waals surface area contributed by atoms with Crippen LogP contribution in [0, 0.1) is 11.6 Å². The molecule has 0 saturated carbocycles. The molecule has 1 aliphatic rings. The minimum atomic E-state index is -0.446. The zero-order chi connectivity index (χ0) is 18.7. The van der Waals surface area contributed by atoms with Crippen LogP contribution in [-0.4, -0.2) is 43.0 Å². The van der Waals surface area contributed by atoms with E-state index in [-0.39, 0.29) is 22.8 Å². The van der Waals surface area contributed by atoms with E-state index in [1.807, 2.05) is 6.92 Å². The average Bonchev–Trinajstić information content (AvgIpc) is 2.64. The molecule has 138 valence electrons. The van der Waals surface area contributed by atoms with E-state index in [9.17, 15) is 13.6 Å². The zero-order valence-electron chi connectivity index (χ0n) is 14.4. The van der Waals surface area contributed by atoms with Gasteiger partial charge in [0.2, 0.25) is 5.91 Å². The molecule has 26 heavy (non-hydrogen) atoms. The van der Waals surface area contributed by atoms with Gasteiger partial charge in [0.05, 0.1) is 16.8 Å². The van der Waals surface area contributed by atoms with Gasteiger partial charge in [0.1, 0.15) is 11.6 Å². The predicted molar refractivity (Wildman–Crippen MR) is 99.7 cm³/mol. The average molecular weight is 380 g/mol. The molecule has 2 aromatic carbocycles. The van der Waals surface area contributed by atoms with Crippen molar-refractivity contribution in [3.05, 3.63) is 59.1 Å². The zero-order valence-corrected chi connectivity index (χ0v) is 15.1. The first-order valence-corrected chi connectivity index (χ1v) is 8.82. The number of hydrogen-bond donors (Lipinski definition) is 1. The van der Waals surface area contributed by atoms with Crippen molar-refractivity contribution in [1.29, 1.82) is 0 Å². The van der Waals surface area contributed by atoms with Gasteiger partial charge in [0.15, 0.2) is 0 Å². The van der Waals surface area contributed by atoms with Crippen LogP contribution in [0.3, 0.4) is 0 Å². The Morgan fingerprint density at radius 2 is 1.65 bits per heavy atom. The Morgan fingerprint density at radius 3 is 2.27 bits per heavy atom. The van der Waals surface area contributed by atoms with Gasteiger partial charge in [0.25, 0.3) is 0 Å². The van der Waals surface area contributed by atoms with E-state index < -0.39 is 5.82 Å². The van der Waals surface area contributed by atoms with E-state index in [2.05, 4.69) is 15.1 Å². The van der Waals surface area contributed by atoms with Crippen molar-refractivity contribution in [2.45, 2.75) is 13.0 Å². The summed E-state index contributed by atoms with van der Waals surface area (Å²) in [6.45, 7) is 4.76. The molecule has 1 saturated heterocycles. The molecule has 1 fully saturated rings. The summed E-state index contributed by atoms with van der Waals surface area (Å²) in [5.74, 6) is -0.885. The van der Waals surface area contributed by atoms with Gasteiger partial charge >= 0.3 is 0 Å². The highest BCUT2D eigenvalue weighted by molar-refractivity contribution is 6.33. The van der Waals surface area contributed by atoms with Crippen LogP contribution < -0.4 is 10.2 Å². The number of nitrogens with zero attached hydrogens (tertiary/aromatic N) is 2. The molecule has 0 bridgehead atoms. The smallest absolute Gasteiger partial charge is 0.241 e. The van der Waals surface area contributed by atoms with Crippen LogP contribution in [0.1, 0.15) is 6.92 Å². The second-order valence-corrected chi connectivity index (χ2v) is 6.70. The van der Waals surface area contributed by atoms with Gasteiger partial charge in [-0.3, -0.25) is 9.69 Å². The van der Waals surface area contributed by atoms with Crippen molar-refractivity contribution in [2.75, 3.05) is 36.4 Å². The summed E-state index contributed by atoms with van der Waals surface area (Å²) in [5.41, 5.74) is 1.37. The first-order chi connectivity index (χ1) is 12.4. The van der Waals surface area contributed by atoms with Gasteiger partial charge < -0.3 is 10.2 Å². The Morgan fingerprint density at radius 1 is 1.04 bits per heavy atom. The number of halogens is 3. The minimum absolute atomic E-state index is 0.173. The molecule has 0 aliphatic carbocycles. The Kier molecular flexibility index (Phi) is 5.74. The largest absolute Gasteiger partial charge is 0.369 e. The molecular weight excluding hydrogens is 360 g/mol. The van der Waals surface area contributed by atoms with E-state index in [0.717, 1.165) is 18.8 Å². The monoisotopic (exact) mass is 379 g/mol. The van der Waals surface area contributed by atoms with Crippen molar-refractivity contribution in [3.63, 3.8) is 0 Å². The first-order valence-electron chi connectivity index (χ1n) is 8.44. The molecule has 1 atom stereocenters. The molecule has 1 aliphatic heterocycles. The molecule has 7 heteroatoms. The van der Waals surface area contributed by atoms with Gasteiger partial charge in [-0.2, -0.15) is 0 Å². The maximum Gasteiger partial charge on any atom is 0.241 e. The van der Waals surface area contributed by atoms with Crippen LogP contribution in [0.25, 0.3) is 0 Å². The first kappa shape index (κ1) is 18.6. The van der Waals surface area contributed by atoms with Gasteiger partial charge in [-0.25, -0.2) is 8.78 Å². The molecular formula is C19H20ClF2N3O. The Balaban J connectivity index is 1.56. The molecule has 0 aromatic heterocycles. The number of amides is 1. The molecule has 0 spiro atoms. The quantitative estimate of drug-likeness (QED) is 0.878. The Hall–Kier alpha value is -2.18. The van der Waals surface area contributed by atoms with Gasteiger partial charge in [-0.15, -0.1) is 0 Å². The number of piperazine rings is 1. The summed E-state index contributed by atoms with van der Waals surface area (Å²) >= 11 is 5.96. The van der Waals surface area contributed by atoms with Crippen LogP contribution in [0.5, 0.6) is 0 Å². The second kappa shape index (κ2) is 8.01. The SMILES string of the molecule is CC(C(=O)Nc1ccc(F)cc1Cl)N1CCN(c2ccc(F)cc2)CC1. The number of hydrogen-bond acceptors (Lipinski definition) is 3. The Bertz CT molecular complexity index is 777. The minimum Gasteiger partial charge on any atom is -0.369 e. The summed E-state index contributed by atoms with van der Waals surface area (Å²) in [6.07, 6.45) is 0. The normalized spacial score (nSPS) is 16.4. The molecule has 1 amide bonds. The van der Waals surface area contributed by atoms with Crippen molar-refractivity contribution >= 4 is 28.9 Å². The van der Waals surface area contributed by atoms with E-state index in [1.54, 1.807) is 12.1 Å². The van der Waals surface area contributed by atoms with E-state index >= 15 is 0 Å². The van der Waals surface area contributed by atoms with Gasteiger partial charge in [-0.05, 0) is 49.4 Å². The standard InChI is InChI=1S/C19H20ClF2N3O/c1-13(19(26)23-18-7-4-15(22)12-17(18)20)24-8-10-25(11-9-24)16-5-2-14(21)3-6-16/h2-7,12-13H,8-11H2,1H3,(H,23,26). The van der Waals surface area contributed by atoms with E-state index in [0.29, 0.717) is 18.8 Å². The van der Waals surface area contributed by atoms with Gasteiger partial charge in [0, 0.05) is 31.9 Å². The van der Waals surface area contributed by atoms with Crippen molar-refractivity contribution in [3.8, 4) is 0 Å². The lowest BCUT2D eigenvalue weighted by Gasteiger charge is -2.38. The van der Waals surface area contributed by atoms with Crippen LogP contribution >= 0.6 is 11.6 Å². The fourth-order valence-electron chi connectivity index (χ4n) is 3.01. The number of rotatable bonds is 4. The summed E-state index contributed by atoms with van der Waals surface area (Å²) in [5, 5.41) is 2.92. The molecule has 1 unspecified atom stereocenters. The van der Waals surface area contributed by atoms with E-state index in [1.165, 1.54) is 30.3 Å². The molecule has 1 heterocycles. The highest BCUT2D eigenvalue weighted by Crippen LogP contribution is 2.23. The highest BCUT2D eigenvalue weighted by Gasteiger charge is 2.26. The third-order valence-electron chi connectivity index (χ3n) is 4.62. The van der Waals surface area contributed by atoms with E-state index in [4.69, 9.17) is 11.6 Å². The second-order valence-electron chi connectivity index (χ2n) is 6.29. The lowest BCUT2D eigenvalue weighted by molar-refractivity contribution is -0.120. The lowest BCUT2D eigenvalue weighted by Crippen LogP contribution is -2.52. The van der Waals surface area contributed by atoms with Crippen molar-refractivity contribution < 1.29 is 13.6 Å². The predicted octanol–water partition coefficient (Wildman–Crippen LogP) is 3.77. The van der Waals surface area contributed by atoms with Crippen LogP contribution in [0.2, 0.25) is 5.02 Å². The molecule has 1 N–H and O–H groups in total. The maximum atomic E-state index is 13.1. The maximum absolute atomic E-state index is 13.1. The summed E-state index contributed by atoms with van der Waals surface area (Å²) in [4.78, 5) is 16.7. The van der Waals surface area contributed by atoms with Crippen molar-refractivity contribution in [1.82, 2.24) is 4.90 Å². The summed E-state index contributed by atoms with van der Waals surface area (Å²) in [6, 6.07) is 9.96. The topological polar surface area (TPSA) is 35.6 Å². The summed E-state index contributed by atoms with van der Waals surface area (Å²) < 4.78 is 26.1. The Labute approximate surface area is 156 Å². The molecule has 0 radical (unpaired) electrons.